The maximum absolute atomic E-state index is 6.67. The van der Waals surface area contributed by atoms with Gasteiger partial charge >= 0.3 is 0 Å². The molecular formula is C52H32N2O. The van der Waals surface area contributed by atoms with E-state index < -0.39 is 0 Å². The molecule has 3 heteroatoms. The molecule has 0 bridgehead atoms. The summed E-state index contributed by atoms with van der Waals surface area (Å²) in [5.74, 6) is 1.79. The number of nitrogens with zero attached hydrogens (tertiary/aromatic N) is 2. The molecule has 3 heterocycles. The first-order chi connectivity index (χ1) is 27.3. The molecule has 11 aromatic rings. The quantitative estimate of drug-likeness (QED) is 0.179. The fraction of sp³-hybridized carbons (Fsp3) is 0. The van der Waals surface area contributed by atoms with Crippen LogP contribution in [0, 0.1) is 0 Å². The van der Waals surface area contributed by atoms with Crippen molar-refractivity contribution in [3.05, 3.63) is 194 Å². The molecule has 2 aromatic heterocycles. The predicted molar refractivity (Wildman–Crippen MR) is 229 cm³/mol. The summed E-state index contributed by atoms with van der Waals surface area (Å²) in [6, 6.07) is 70.2. The molecule has 256 valence electrons. The summed E-state index contributed by atoms with van der Waals surface area (Å²) in [5.41, 5.74) is 14.1. The lowest BCUT2D eigenvalue weighted by molar-refractivity contribution is 0.487. The van der Waals surface area contributed by atoms with Gasteiger partial charge in [0.2, 0.25) is 0 Å². The third-order valence-corrected chi connectivity index (χ3v) is 11.5. The zero-order chi connectivity index (χ0) is 36.0. The van der Waals surface area contributed by atoms with Crippen LogP contribution < -0.4 is 4.74 Å². The zero-order valence-corrected chi connectivity index (χ0v) is 29.8. The van der Waals surface area contributed by atoms with Crippen molar-refractivity contribution in [1.82, 2.24) is 9.13 Å². The van der Waals surface area contributed by atoms with Crippen LogP contribution in [0.1, 0.15) is 0 Å². The average Bonchev–Trinajstić information content (AvgIpc) is 3.76. The maximum atomic E-state index is 6.67. The fourth-order valence-electron chi connectivity index (χ4n) is 9.07. The van der Waals surface area contributed by atoms with E-state index in [0.29, 0.717) is 0 Å². The van der Waals surface area contributed by atoms with Gasteiger partial charge in [-0.2, -0.15) is 0 Å². The Balaban J connectivity index is 1.11. The highest BCUT2D eigenvalue weighted by atomic mass is 16.5. The van der Waals surface area contributed by atoms with Crippen LogP contribution in [0.5, 0.6) is 11.5 Å². The van der Waals surface area contributed by atoms with E-state index in [2.05, 4.69) is 197 Å². The van der Waals surface area contributed by atoms with Gasteiger partial charge < -0.3 is 13.9 Å². The fourth-order valence-corrected chi connectivity index (χ4v) is 9.07. The number of para-hydroxylation sites is 3. The van der Waals surface area contributed by atoms with Crippen LogP contribution in [0.3, 0.4) is 0 Å². The van der Waals surface area contributed by atoms with Gasteiger partial charge in [-0.15, -0.1) is 0 Å². The molecule has 1 aliphatic rings. The molecule has 55 heavy (non-hydrogen) atoms. The van der Waals surface area contributed by atoms with Crippen molar-refractivity contribution in [3.63, 3.8) is 0 Å². The first kappa shape index (κ1) is 30.1. The van der Waals surface area contributed by atoms with E-state index in [1.807, 2.05) is 6.07 Å². The van der Waals surface area contributed by atoms with E-state index in [1.165, 1.54) is 71.3 Å². The molecule has 0 amide bonds. The van der Waals surface area contributed by atoms with Gasteiger partial charge in [0.05, 0.1) is 22.1 Å². The molecule has 0 N–H and O–H groups in total. The molecular weight excluding hydrogens is 669 g/mol. The number of fused-ring (bicyclic) bond motifs is 9. The zero-order valence-electron chi connectivity index (χ0n) is 29.8. The van der Waals surface area contributed by atoms with Gasteiger partial charge in [-0.25, -0.2) is 0 Å². The maximum Gasteiger partial charge on any atom is 0.138 e. The lowest BCUT2D eigenvalue weighted by Crippen LogP contribution is -1.98. The van der Waals surface area contributed by atoms with Crippen LogP contribution in [0.25, 0.3) is 99.1 Å². The van der Waals surface area contributed by atoms with E-state index in [0.717, 1.165) is 39.3 Å². The summed E-state index contributed by atoms with van der Waals surface area (Å²) in [4.78, 5) is 0. The van der Waals surface area contributed by atoms with Crippen LogP contribution in [0.2, 0.25) is 0 Å². The normalized spacial score (nSPS) is 12.1. The number of rotatable bonds is 4. The topological polar surface area (TPSA) is 19.1 Å². The number of hydrogen-bond donors (Lipinski definition) is 0. The highest BCUT2D eigenvalue weighted by molar-refractivity contribution is 6.26. The molecule has 12 rings (SSSR count). The first-order valence-electron chi connectivity index (χ1n) is 18.8. The van der Waals surface area contributed by atoms with E-state index >= 15 is 0 Å². The van der Waals surface area contributed by atoms with Gasteiger partial charge in [-0.3, -0.25) is 0 Å². The molecule has 0 radical (unpaired) electrons. The lowest BCUT2D eigenvalue weighted by Gasteiger charge is -2.22. The SMILES string of the molecule is c1ccc(-c2cccc(-n3c4ccccc4c4ccc(-c5ccc6c(c5)c5c7cccc8c7c(cc5n6-c5ccccc5)Oc5ccccc5-8)cc43)c2)cc1. The molecule has 1 aliphatic heterocycles. The predicted octanol–water partition coefficient (Wildman–Crippen LogP) is 14.1. The van der Waals surface area contributed by atoms with E-state index in [9.17, 15) is 0 Å². The molecule has 0 atom stereocenters. The first-order valence-corrected chi connectivity index (χ1v) is 18.8. The molecule has 0 saturated heterocycles. The van der Waals surface area contributed by atoms with Crippen LogP contribution in [0.4, 0.5) is 0 Å². The molecule has 9 aromatic carbocycles. The highest BCUT2D eigenvalue weighted by Crippen LogP contribution is 2.50. The van der Waals surface area contributed by atoms with Crippen LogP contribution in [-0.2, 0) is 0 Å². The third kappa shape index (κ3) is 4.44. The van der Waals surface area contributed by atoms with Gasteiger partial charge in [-0.1, -0.05) is 133 Å². The second kappa shape index (κ2) is 11.6. The molecule has 0 fully saturated rings. The monoisotopic (exact) mass is 700 g/mol. The Labute approximate surface area is 317 Å². The average molecular weight is 701 g/mol. The Hall–Kier alpha value is -7.36. The smallest absolute Gasteiger partial charge is 0.138 e. The summed E-state index contributed by atoms with van der Waals surface area (Å²) in [7, 11) is 0. The van der Waals surface area contributed by atoms with Gasteiger partial charge in [-0.05, 0) is 87.8 Å². The Kier molecular flexibility index (Phi) is 6.34. The molecule has 3 nitrogen and oxygen atoms in total. The Morgan fingerprint density at radius 1 is 0.291 bits per heavy atom. The minimum Gasteiger partial charge on any atom is -0.456 e. The van der Waals surface area contributed by atoms with Crippen molar-refractivity contribution in [2.24, 2.45) is 0 Å². The Morgan fingerprint density at radius 2 is 0.909 bits per heavy atom. The van der Waals surface area contributed by atoms with E-state index in [1.54, 1.807) is 0 Å². The summed E-state index contributed by atoms with van der Waals surface area (Å²) in [5, 5.41) is 7.30. The van der Waals surface area contributed by atoms with Crippen molar-refractivity contribution in [3.8, 4) is 56.3 Å². The second-order valence-electron chi connectivity index (χ2n) is 14.5. The van der Waals surface area contributed by atoms with Crippen molar-refractivity contribution < 1.29 is 4.74 Å². The standard InChI is InChI=1S/C52H32N2O/c1-3-13-33(14-4-1)34-15-11-18-38(29-34)54-45-23-9-7-19-39(45)40-27-25-36(31-47(40)54)35-26-28-46-44(30-35)51-43-22-12-21-42-41-20-8-10-24-49(41)55-50(52(42)43)32-48(51)53(46)37-16-5-2-6-17-37/h1-32H. The minimum absolute atomic E-state index is 0.895. The van der Waals surface area contributed by atoms with E-state index in [-0.39, 0.29) is 0 Å². The third-order valence-electron chi connectivity index (χ3n) is 11.5. The largest absolute Gasteiger partial charge is 0.456 e. The second-order valence-corrected chi connectivity index (χ2v) is 14.5. The van der Waals surface area contributed by atoms with Gasteiger partial charge in [0.1, 0.15) is 11.5 Å². The van der Waals surface area contributed by atoms with Crippen molar-refractivity contribution in [1.29, 1.82) is 0 Å². The molecule has 0 aliphatic carbocycles. The van der Waals surface area contributed by atoms with Crippen LogP contribution in [-0.4, -0.2) is 9.13 Å². The Bertz CT molecular complexity index is 3330. The van der Waals surface area contributed by atoms with Crippen LogP contribution in [0.15, 0.2) is 194 Å². The summed E-state index contributed by atoms with van der Waals surface area (Å²) in [6.07, 6.45) is 0. The van der Waals surface area contributed by atoms with Gasteiger partial charge in [0.25, 0.3) is 0 Å². The number of aromatic nitrogens is 2. The van der Waals surface area contributed by atoms with Crippen molar-refractivity contribution in [2.75, 3.05) is 0 Å². The number of ether oxygens (including phenoxy) is 1. The Morgan fingerprint density at radius 3 is 1.82 bits per heavy atom. The minimum atomic E-state index is 0.895. The van der Waals surface area contributed by atoms with Crippen molar-refractivity contribution >= 4 is 54.4 Å². The van der Waals surface area contributed by atoms with Gasteiger partial charge in [0, 0.05) is 49.9 Å². The van der Waals surface area contributed by atoms with E-state index in [4.69, 9.17) is 4.74 Å². The summed E-state index contributed by atoms with van der Waals surface area (Å²) < 4.78 is 11.5. The van der Waals surface area contributed by atoms with Crippen molar-refractivity contribution in [2.45, 2.75) is 0 Å². The molecule has 0 spiro atoms. The van der Waals surface area contributed by atoms with Gasteiger partial charge in [0.15, 0.2) is 0 Å². The van der Waals surface area contributed by atoms with Crippen LogP contribution >= 0.6 is 0 Å². The number of hydrogen-bond acceptors (Lipinski definition) is 1. The lowest BCUT2D eigenvalue weighted by atomic mass is 9.92. The highest BCUT2D eigenvalue weighted by Gasteiger charge is 2.25. The summed E-state index contributed by atoms with van der Waals surface area (Å²) in [6.45, 7) is 0. The number of benzene rings is 9. The summed E-state index contributed by atoms with van der Waals surface area (Å²) >= 11 is 0. The molecule has 0 saturated carbocycles. The molecule has 0 unspecified atom stereocenters.